The lowest BCUT2D eigenvalue weighted by Gasteiger charge is -2.19. The third-order valence-corrected chi connectivity index (χ3v) is 4.14. The van der Waals surface area contributed by atoms with Crippen LogP contribution in [0.4, 0.5) is 5.69 Å². The summed E-state index contributed by atoms with van der Waals surface area (Å²) in [7, 11) is 0. The van der Waals surface area contributed by atoms with Gasteiger partial charge in [-0.25, -0.2) is 0 Å². The Bertz CT molecular complexity index is 830. The monoisotopic (exact) mass is 338 g/mol. The highest BCUT2D eigenvalue weighted by molar-refractivity contribution is 6.09. The molecule has 2 amide bonds. The molecule has 0 spiro atoms. The lowest BCUT2D eigenvalue weighted by molar-refractivity contribution is 0.0952. The van der Waals surface area contributed by atoms with Crippen LogP contribution < -0.4 is 20.1 Å². The van der Waals surface area contributed by atoms with Crippen LogP contribution in [0.5, 0.6) is 11.5 Å². The Morgan fingerprint density at radius 3 is 2.48 bits per heavy atom. The summed E-state index contributed by atoms with van der Waals surface area (Å²) in [4.78, 5) is 24.9. The lowest BCUT2D eigenvalue weighted by Crippen LogP contribution is -2.27. The number of anilines is 1. The zero-order valence-electron chi connectivity index (χ0n) is 13.6. The third kappa shape index (κ3) is 3.42. The first kappa shape index (κ1) is 15.5. The second-order valence-electron chi connectivity index (χ2n) is 6.11. The van der Waals surface area contributed by atoms with Crippen LogP contribution in [-0.2, 0) is 0 Å². The summed E-state index contributed by atoms with van der Waals surface area (Å²) in [5.74, 6) is 0.717. The Balaban J connectivity index is 1.53. The van der Waals surface area contributed by atoms with Gasteiger partial charge < -0.3 is 20.1 Å². The quantitative estimate of drug-likeness (QED) is 0.898. The van der Waals surface area contributed by atoms with Gasteiger partial charge in [0, 0.05) is 11.6 Å². The van der Waals surface area contributed by atoms with Crippen LogP contribution in [0.15, 0.2) is 42.5 Å². The molecule has 2 aliphatic rings. The van der Waals surface area contributed by atoms with Crippen LogP contribution in [0.2, 0.25) is 0 Å². The number of hydrogen-bond acceptors (Lipinski definition) is 4. The number of rotatable bonds is 4. The van der Waals surface area contributed by atoms with Crippen molar-refractivity contribution in [3.05, 3.63) is 53.6 Å². The van der Waals surface area contributed by atoms with Crippen molar-refractivity contribution in [1.82, 2.24) is 5.32 Å². The third-order valence-electron chi connectivity index (χ3n) is 4.14. The molecule has 6 heteroatoms. The zero-order chi connectivity index (χ0) is 17.2. The Labute approximate surface area is 145 Å². The van der Waals surface area contributed by atoms with E-state index in [2.05, 4.69) is 10.6 Å². The van der Waals surface area contributed by atoms with Crippen LogP contribution >= 0.6 is 0 Å². The fourth-order valence-electron chi connectivity index (χ4n) is 2.66. The van der Waals surface area contributed by atoms with Gasteiger partial charge in [0.15, 0.2) is 11.5 Å². The second kappa shape index (κ2) is 6.47. The predicted molar refractivity (Wildman–Crippen MR) is 92.3 cm³/mol. The fraction of sp³-hybridized carbons (Fsp3) is 0.263. The van der Waals surface area contributed by atoms with Gasteiger partial charge in [0.1, 0.15) is 13.2 Å². The molecule has 2 aromatic rings. The molecule has 4 rings (SSSR count). The highest BCUT2D eigenvalue weighted by Gasteiger charge is 2.25. The summed E-state index contributed by atoms with van der Waals surface area (Å²) in [6.45, 7) is 0.963. The van der Waals surface area contributed by atoms with E-state index < -0.39 is 0 Å². The molecule has 6 nitrogen and oxygen atoms in total. The maximum atomic E-state index is 12.6. The first-order valence-electron chi connectivity index (χ1n) is 8.31. The van der Waals surface area contributed by atoms with Crippen LogP contribution in [-0.4, -0.2) is 31.1 Å². The van der Waals surface area contributed by atoms with Crippen LogP contribution in [0.25, 0.3) is 0 Å². The highest BCUT2D eigenvalue weighted by Crippen LogP contribution is 2.31. The standard InChI is InChI=1S/C19H18N2O4/c22-18(12-5-8-16-17(11-12)25-10-9-24-16)21-15-4-2-1-3-14(15)19(23)20-13-6-7-13/h1-5,8,11,13H,6-7,9-10H2,(H,20,23)(H,21,22). The molecule has 0 radical (unpaired) electrons. The number of carbonyl (C=O) groups is 2. The smallest absolute Gasteiger partial charge is 0.255 e. The van der Waals surface area contributed by atoms with Gasteiger partial charge in [-0.1, -0.05) is 12.1 Å². The van der Waals surface area contributed by atoms with Gasteiger partial charge in [-0.15, -0.1) is 0 Å². The summed E-state index contributed by atoms with van der Waals surface area (Å²) in [6.07, 6.45) is 2.02. The number of amides is 2. The molecule has 25 heavy (non-hydrogen) atoms. The van der Waals surface area contributed by atoms with Gasteiger partial charge in [-0.3, -0.25) is 9.59 Å². The molecule has 1 saturated carbocycles. The van der Waals surface area contributed by atoms with Crippen LogP contribution in [0.3, 0.4) is 0 Å². The molecule has 0 atom stereocenters. The van der Waals surface area contributed by atoms with Crippen molar-refractivity contribution in [2.24, 2.45) is 0 Å². The SMILES string of the molecule is O=C(Nc1ccccc1C(=O)NC1CC1)c1ccc2c(c1)OCCO2. The minimum absolute atomic E-state index is 0.166. The van der Waals surface area contributed by atoms with Crippen molar-refractivity contribution < 1.29 is 19.1 Å². The number of hydrogen-bond donors (Lipinski definition) is 2. The van der Waals surface area contributed by atoms with E-state index in [-0.39, 0.29) is 17.9 Å². The molecule has 2 N–H and O–H groups in total. The Hall–Kier alpha value is -3.02. The van der Waals surface area contributed by atoms with Crippen molar-refractivity contribution >= 4 is 17.5 Å². The molecule has 1 heterocycles. The molecule has 128 valence electrons. The van der Waals surface area contributed by atoms with Gasteiger partial charge in [-0.2, -0.15) is 0 Å². The normalized spacial score (nSPS) is 15.4. The topological polar surface area (TPSA) is 76.7 Å². The summed E-state index contributed by atoms with van der Waals surface area (Å²) in [5.41, 5.74) is 1.39. The molecule has 0 aromatic heterocycles. The van der Waals surface area contributed by atoms with E-state index in [1.807, 2.05) is 0 Å². The van der Waals surface area contributed by atoms with Gasteiger partial charge >= 0.3 is 0 Å². The summed E-state index contributed by atoms with van der Waals surface area (Å²) >= 11 is 0. The minimum atomic E-state index is -0.302. The van der Waals surface area contributed by atoms with Crippen molar-refractivity contribution in [2.45, 2.75) is 18.9 Å². The minimum Gasteiger partial charge on any atom is -0.486 e. The van der Waals surface area contributed by atoms with Crippen molar-refractivity contribution in [1.29, 1.82) is 0 Å². The molecular formula is C19H18N2O4. The average Bonchev–Trinajstić information content (AvgIpc) is 3.45. The summed E-state index contributed by atoms with van der Waals surface area (Å²) in [6, 6.07) is 12.3. The molecule has 0 bridgehead atoms. The van der Waals surface area contributed by atoms with E-state index in [1.54, 1.807) is 42.5 Å². The number of para-hydroxylation sites is 1. The lowest BCUT2D eigenvalue weighted by atomic mass is 10.1. The van der Waals surface area contributed by atoms with Crippen molar-refractivity contribution in [3.8, 4) is 11.5 Å². The summed E-state index contributed by atoms with van der Waals surface area (Å²) < 4.78 is 11.0. The molecule has 1 aliphatic heterocycles. The van der Waals surface area contributed by atoms with Gasteiger partial charge in [-0.05, 0) is 43.2 Å². The number of fused-ring (bicyclic) bond motifs is 1. The first-order chi connectivity index (χ1) is 12.2. The van der Waals surface area contributed by atoms with Crippen LogP contribution in [0, 0.1) is 0 Å². The van der Waals surface area contributed by atoms with Crippen molar-refractivity contribution in [2.75, 3.05) is 18.5 Å². The zero-order valence-corrected chi connectivity index (χ0v) is 13.6. The van der Waals surface area contributed by atoms with Gasteiger partial charge in [0.25, 0.3) is 11.8 Å². The highest BCUT2D eigenvalue weighted by atomic mass is 16.6. The average molecular weight is 338 g/mol. The van der Waals surface area contributed by atoms with E-state index in [9.17, 15) is 9.59 Å². The Morgan fingerprint density at radius 2 is 1.68 bits per heavy atom. The second-order valence-corrected chi connectivity index (χ2v) is 6.11. The Morgan fingerprint density at radius 1 is 0.920 bits per heavy atom. The van der Waals surface area contributed by atoms with Gasteiger partial charge in [0.2, 0.25) is 0 Å². The number of carbonyl (C=O) groups excluding carboxylic acids is 2. The van der Waals surface area contributed by atoms with Crippen LogP contribution in [0.1, 0.15) is 33.6 Å². The number of nitrogens with one attached hydrogen (secondary N) is 2. The molecule has 1 fully saturated rings. The molecule has 1 aliphatic carbocycles. The number of ether oxygens (including phenoxy) is 2. The van der Waals surface area contributed by atoms with E-state index in [4.69, 9.17) is 9.47 Å². The maximum absolute atomic E-state index is 12.6. The predicted octanol–water partition coefficient (Wildman–Crippen LogP) is 2.60. The summed E-state index contributed by atoms with van der Waals surface area (Å²) in [5, 5.41) is 5.75. The van der Waals surface area contributed by atoms with E-state index >= 15 is 0 Å². The fourth-order valence-corrected chi connectivity index (χ4v) is 2.66. The van der Waals surface area contributed by atoms with E-state index in [0.29, 0.717) is 41.5 Å². The van der Waals surface area contributed by atoms with E-state index in [1.165, 1.54) is 0 Å². The largest absolute Gasteiger partial charge is 0.486 e. The van der Waals surface area contributed by atoms with E-state index in [0.717, 1.165) is 12.8 Å². The number of benzene rings is 2. The first-order valence-corrected chi connectivity index (χ1v) is 8.31. The Kier molecular flexibility index (Phi) is 4.01. The molecular weight excluding hydrogens is 320 g/mol. The van der Waals surface area contributed by atoms with Gasteiger partial charge in [0.05, 0.1) is 11.3 Å². The maximum Gasteiger partial charge on any atom is 0.255 e. The molecule has 0 unspecified atom stereocenters. The van der Waals surface area contributed by atoms with Crippen molar-refractivity contribution in [3.63, 3.8) is 0 Å². The molecule has 2 aromatic carbocycles. The molecule has 0 saturated heterocycles.